The van der Waals surface area contributed by atoms with E-state index in [9.17, 15) is 0 Å². The lowest BCUT2D eigenvalue weighted by Crippen LogP contribution is -2.30. The van der Waals surface area contributed by atoms with E-state index < -0.39 is 0 Å². The Kier molecular flexibility index (Phi) is 2.86. The van der Waals surface area contributed by atoms with Gasteiger partial charge < -0.3 is 5.32 Å². The number of nitrogens with one attached hydrogen (secondary N) is 1. The van der Waals surface area contributed by atoms with Crippen LogP contribution in [0.15, 0.2) is 18.3 Å². The maximum absolute atomic E-state index is 8.61. The second kappa shape index (κ2) is 4.31. The molecule has 1 aliphatic rings. The molecule has 1 aliphatic carbocycles. The van der Waals surface area contributed by atoms with Crippen molar-refractivity contribution in [2.75, 3.05) is 5.32 Å². The van der Waals surface area contributed by atoms with Crippen LogP contribution in [-0.4, -0.2) is 11.0 Å². The van der Waals surface area contributed by atoms with Gasteiger partial charge in [0.05, 0.1) is 11.9 Å². The molecular weight excluding hydrogens is 186 g/mol. The molecule has 1 aromatic rings. The average Bonchev–Trinajstić information content (AvgIpc) is 2.16. The molecule has 0 spiro atoms. The van der Waals surface area contributed by atoms with E-state index in [4.69, 9.17) is 5.26 Å². The lowest BCUT2D eigenvalue weighted by molar-refractivity contribution is 0.285. The molecule has 0 saturated heterocycles. The minimum absolute atomic E-state index is 0.469. The van der Waals surface area contributed by atoms with Crippen LogP contribution in [0.4, 0.5) is 5.69 Å². The molecular formula is C12H15N3. The minimum atomic E-state index is 0.469. The number of nitrogens with zero attached hydrogens (tertiary/aromatic N) is 2. The van der Waals surface area contributed by atoms with E-state index in [1.54, 1.807) is 12.3 Å². The molecule has 3 heteroatoms. The Balaban J connectivity index is 1.95. The number of nitriles is 1. The summed E-state index contributed by atoms with van der Waals surface area (Å²) in [6.07, 6.45) is 5.76. The largest absolute Gasteiger partial charge is 0.381 e. The summed E-state index contributed by atoms with van der Waals surface area (Å²) >= 11 is 0. The molecule has 1 N–H and O–H groups in total. The second-order valence-electron chi connectivity index (χ2n) is 4.17. The highest BCUT2D eigenvalue weighted by molar-refractivity contribution is 5.43. The van der Waals surface area contributed by atoms with Crippen LogP contribution in [0.1, 0.15) is 31.9 Å². The normalized spacial score (nSPS) is 17.6. The van der Waals surface area contributed by atoms with Crippen molar-refractivity contribution in [2.24, 2.45) is 5.92 Å². The zero-order valence-corrected chi connectivity index (χ0v) is 8.90. The molecule has 15 heavy (non-hydrogen) atoms. The van der Waals surface area contributed by atoms with Crippen LogP contribution in [-0.2, 0) is 0 Å². The smallest absolute Gasteiger partial charge is 0.140 e. The van der Waals surface area contributed by atoms with Gasteiger partial charge in [0, 0.05) is 6.04 Å². The molecule has 2 rings (SSSR count). The van der Waals surface area contributed by atoms with Crippen molar-refractivity contribution in [2.45, 2.75) is 32.2 Å². The van der Waals surface area contributed by atoms with Crippen molar-refractivity contribution in [1.29, 1.82) is 5.26 Å². The third-order valence-electron chi connectivity index (χ3n) is 3.13. The van der Waals surface area contributed by atoms with E-state index in [1.807, 2.05) is 12.1 Å². The fourth-order valence-corrected chi connectivity index (χ4v) is 1.87. The van der Waals surface area contributed by atoms with Gasteiger partial charge in [-0.25, -0.2) is 4.98 Å². The summed E-state index contributed by atoms with van der Waals surface area (Å²) in [6.45, 7) is 2.21. The highest BCUT2D eigenvalue weighted by atomic mass is 14.9. The van der Waals surface area contributed by atoms with Crippen molar-refractivity contribution < 1.29 is 0 Å². The van der Waals surface area contributed by atoms with Gasteiger partial charge in [-0.3, -0.25) is 0 Å². The van der Waals surface area contributed by atoms with E-state index in [-0.39, 0.29) is 0 Å². The maximum atomic E-state index is 8.61. The van der Waals surface area contributed by atoms with Crippen molar-refractivity contribution >= 4 is 5.69 Å². The molecule has 0 radical (unpaired) electrons. The monoisotopic (exact) mass is 201 g/mol. The molecule has 1 saturated carbocycles. The third kappa shape index (κ3) is 2.27. The minimum Gasteiger partial charge on any atom is -0.381 e. The van der Waals surface area contributed by atoms with Crippen LogP contribution >= 0.6 is 0 Å². The highest BCUT2D eigenvalue weighted by Gasteiger charge is 2.23. The van der Waals surface area contributed by atoms with Crippen LogP contribution in [0.2, 0.25) is 0 Å². The van der Waals surface area contributed by atoms with Gasteiger partial charge in [0.25, 0.3) is 0 Å². The molecule has 1 aromatic heterocycles. The lowest BCUT2D eigenvalue weighted by atomic mass is 9.80. The van der Waals surface area contributed by atoms with Crippen molar-refractivity contribution in [3.05, 3.63) is 24.0 Å². The summed E-state index contributed by atoms with van der Waals surface area (Å²) in [5.41, 5.74) is 1.48. The Labute approximate surface area is 90.1 Å². The van der Waals surface area contributed by atoms with E-state index in [2.05, 4.69) is 17.2 Å². The standard InChI is InChI=1S/C12H15N3/c1-9(10-3-2-4-10)15-12-6-5-11(7-13)14-8-12/h5-6,8-10,15H,2-4H2,1H3. The van der Waals surface area contributed by atoms with Gasteiger partial charge in [0.2, 0.25) is 0 Å². The zero-order valence-electron chi connectivity index (χ0n) is 8.90. The first-order valence-corrected chi connectivity index (χ1v) is 5.42. The molecule has 3 nitrogen and oxygen atoms in total. The molecule has 1 unspecified atom stereocenters. The topological polar surface area (TPSA) is 48.7 Å². The summed E-state index contributed by atoms with van der Waals surface area (Å²) < 4.78 is 0. The maximum Gasteiger partial charge on any atom is 0.140 e. The first-order valence-electron chi connectivity index (χ1n) is 5.42. The summed E-state index contributed by atoms with van der Waals surface area (Å²) in [6, 6.07) is 6.18. The summed E-state index contributed by atoms with van der Waals surface area (Å²) in [5.74, 6) is 0.806. The van der Waals surface area contributed by atoms with Gasteiger partial charge in [-0.1, -0.05) is 6.42 Å². The van der Waals surface area contributed by atoms with Crippen LogP contribution in [0.5, 0.6) is 0 Å². The van der Waals surface area contributed by atoms with Gasteiger partial charge in [0.1, 0.15) is 11.8 Å². The predicted molar refractivity (Wildman–Crippen MR) is 59.4 cm³/mol. The van der Waals surface area contributed by atoms with Crippen LogP contribution < -0.4 is 5.32 Å². The van der Waals surface area contributed by atoms with Crippen LogP contribution in [0.3, 0.4) is 0 Å². The fourth-order valence-electron chi connectivity index (χ4n) is 1.87. The van der Waals surface area contributed by atoms with Crippen molar-refractivity contribution in [3.8, 4) is 6.07 Å². The first kappa shape index (κ1) is 9.97. The van der Waals surface area contributed by atoms with Gasteiger partial charge in [-0.05, 0) is 37.8 Å². The Morgan fingerprint density at radius 3 is 2.80 bits per heavy atom. The first-order chi connectivity index (χ1) is 7.29. The summed E-state index contributed by atoms with van der Waals surface area (Å²) in [5, 5.41) is 12.0. The Morgan fingerprint density at radius 1 is 1.53 bits per heavy atom. The molecule has 78 valence electrons. The highest BCUT2D eigenvalue weighted by Crippen LogP contribution is 2.30. The number of aromatic nitrogens is 1. The zero-order chi connectivity index (χ0) is 10.7. The lowest BCUT2D eigenvalue weighted by Gasteiger charge is -2.32. The molecule has 0 amide bonds. The van der Waals surface area contributed by atoms with Crippen molar-refractivity contribution in [3.63, 3.8) is 0 Å². The molecule has 1 heterocycles. The average molecular weight is 201 g/mol. The molecule has 1 fully saturated rings. The van der Waals surface area contributed by atoms with Gasteiger partial charge in [-0.15, -0.1) is 0 Å². The van der Waals surface area contributed by atoms with Crippen molar-refractivity contribution in [1.82, 2.24) is 4.98 Å². The predicted octanol–water partition coefficient (Wildman–Crippen LogP) is 2.55. The summed E-state index contributed by atoms with van der Waals surface area (Å²) in [4.78, 5) is 4.03. The van der Waals surface area contributed by atoms with Crippen LogP contribution in [0.25, 0.3) is 0 Å². The molecule has 1 atom stereocenters. The van der Waals surface area contributed by atoms with Gasteiger partial charge in [-0.2, -0.15) is 5.26 Å². The Morgan fingerprint density at radius 2 is 2.33 bits per heavy atom. The van der Waals surface area contributed by atoms with E-state index in [0.29, 0.717) is 11.7 Å². The SMILES string of the molecule is CC(Nc1ccc(C#N)nc1)C1CCC1. The summed E-state index contributed by atoms with van der Waals surface area (Å²) in [7, 11) is 0. The Hall–Kier alpha value is -1.56. The number of hydrogen-bond donors (Lipinski definition) is 1. The van der Waals surface area contributed by atoms with E-state index in [1.165, 1.54) is 19.3 Å². The molecule has 0 bridgehead atoms. The third-order valence-corrected chi connectivity index (χ3v) is 3.13. The fraction of sp³-hybridized carbons (Fsp3) is 0.500. The quantitative estimate of drug-likeness (QED) is 0.817. The Bertz CT molecular complexity index is 359. The van der Waals surface area contributed by atoms with Gasteiger partial charge >= 0.3 is 0 Å². The van der Waals surface area contributed by atoms with E-state index in [0.717, 1.165) is 11.6 Å². The molecule has 0 aliphatic heterocycles. The molecule has 0 aromatic carbocycles. The second-order valence-corrected chi connectivity index (χ2v) is 4.17. The number of anilines is 1. The van der Waals surface area contributed by atoms with Gasteiger partial charge in [0.15, 0.2) is 0 Å². The number of pyridine rings is 1. The number of hydrogen-bond acceptors (Lipinski definition) is 3. The van der Waals surface area contributed by atoms with Crippen LogP contribution in [0, 0.1) is 17.2 Å². The number of rotatable bonds is 3. The van der Waals surface area contributed by atoms with E-state index >= 15 is 0 Å².